The lowest BCUT2D eigenvalue weighted by atomic mass is 10.2. The Kier molecular flexibility index (Phi) is 3.00. The SMILES string of the molecule is Nc1cc(-c2nc(-c3cc(Br)cs3)no2)ccc1O. The van der Waals surface area contributed by atoms with Gasteiger partial charge in [-0.1, -0.05) is 5.16 Å². The van der Waals surface area contributed by atoms with E-state index in [9.17, 15) is 5.11 Å². The zero-order valence-corrected chi connectivity index (χ0v) is 11.9. The Labute approximate surface area is 120 Å². The quantitative estimate of drug-likeness (QED) is 0.552. The minimum absolute atomic E-state index is 0.0330. The fourth-order valence-corrected chi connectivity index (χ4v) is 2.91. The lowest BCUT2D eigenvalue weighted by Gasteiger charge is -1.99. The highest BCUT2D eigenvalue weighted by molar-refractivity contribution is 9.10. The summed E-state index contributed by atoms with van der Waals surface area (Å²) in [5.74, 6) is 0.925. The molecule has 0 atom stereocenters. The average Bonchev–Trinajstić information content (AvgIpc) is 3.01. The molecule has 19 heavy (non-hydrogen) atoms. The first-order valence-corrected chi connectivity index (χ1v) is 6.98. The van der Waals surface area contributed by atoms with Crippen LogP contribution in [0.2, 0.25) is 0 Å². The van der Waals surface area contributed by atoms with Crippen molar-refractivity contribution in [2.75, 3.05) is 5.73 Å². The van der Waals surface area contributed by atoms with E-state index in [0.29, 0.717) is 17.3 Å². The van der Waals surface area contributed by atoms with Crippen molar-refractivity contribution in [2.45, 2.75) is 0 Å². The van der Waals surface area contributed by atoms with Gasteiger partial charge in [-0.15, -0.1) is 11.3 Å². The van der Waals surface area contributed by atoms with Crippen LogP contribution in [0.3, 0.4) is 0 Å². The first kappa shape index (κ1) is 12.2. The van der Waals surface area contributed by atoms with Gasteiger partial charge < -0.3 is 15.4 Å². The minimum atomic E-state index is 0.0330. The summed E-state index contributed by atoms with van der Waals surface area (Å²) >= 11 is 4.90. The number of thiophene rings is 1. The van der Waals surface area contributed by atoms with Crippen LogP contribution in [0, 0.1) is 0 Å². The van der Waals surface area contributed by atoms with Crippen LogP contribution < -0.4 is 5.73 Å². The number of hydrogen-bond donors (Lipinski definition) is 2. The number of nitrogen functional groups attached to an aromatic ring is 1. The molecule has 5 nitrogen and oxygen atoms in total. The first-order chi connectivity index (χ1) is 9.13. The average molecular weight is 338 g/mol. The Morgan fingerprint density at radius 2 is 2.16 bits per heavy atom. The van der Waals surface area contributed by atoms with Gasteiger partial charge in [-0.05, 0) is 40.2 Å². The molecule has 7 heteroatoms. The van der Waals surface area contributed by atoms with Gasteiger partial charge in [0.15, 0.2) is 0 Å². The molecule has 0 saturated heterocycles. The van der Waals surface area contributed by atoms with Crippen molar-refractivity contribution in [2.24, 2.45) is 0 Å². The number of anilines is 1. The maximum absolute atomic E-state index is 9.38. The van der Waals surface area contributed by atoms with Crippen LogP contribution in [0.4, 0.5) is 5.69 Å². The van der Waals surface area contributed by atoms with E-state index < -0.39 is 0 Å². The number of nitrogens with zero attached hydrogens (tertiary/aromatic N) is 2. The van der Waals surface area contributed by atoms with Gasteiger partial charge in [-0.2, -0.15) is 4.98 Å². The van der Waals surface area contributed by atoms with Crippen LogP contribution in [0.15, 0.2) is 38.6 Å². The normalized spacial score (nSPS) is 10.8. The van der Waals surface area contributed by atoms with E-state index in [4.69, 9.17) is 10.3 Å². The molecular weight excluding hydrogens is 330 g/mol. The minimum Gasteiger partial charge on any atom is -0.506 e. The maximum Gasteiger partial charge on any atom is 0.258 e. The number of aromatic nitrogens is 2. The molecule has 0 radical (unpaired) electrons. The van der Waals surface area contributed by atoms with Crippen LogP contribution in [0.1, 0.15) is 0 Å². The summed E-state index contributed by atoms with van der Waals surface area (Å²) in [7, 11) is 0. The fraction of sp³-hybridized carbons (Fsp3) is 0. The molecule has 1 aromatic carbocycles. The van der Waals surface area contributed by atoms with Gasteiger partial charge in [0.1, 0.15) is 5.75 Å². The Balaban J connectivity index is 1.98. The third kappa shape index (κ3) is 2.34. The lowest BCUT2D eigenvalue weighted by Crippen LogP contribution is -1.86. The highest BCUT2D eigenvalue weighted by atomic mass is 79.9. The summed E-state index contributed by atoms with van der Waals surface area (Å²) in [5.41, 5.74) is 6.58. The molecule has 0 amide bonds. The number of phenols is 1. The molecule has 0 bridgehead atoms. The van der Waals surface area contributed by atoms with Crippen LogP contribution in [-0.4, -0.2) is 15.2 Å². The van der Waals surface area contributed by atoms with Gasteiger partial charge in [-0.3, -0.25) is 0 Å². The van der Waals surface area contributed by atoms with Crippen molar-refractivity contribution in [3.8, 4) is 27.9 Å². The number of rotatable bonds is 2. The molecule has 0 spiro atoms. The van der Waals surface area contributed by atoms with Crippen LogP contribution in [-0.2, 0) is 0 Å². The molecule has 2 heterocycles. The second kappa shape index (κ2) is 4.67. The molecule has 0 fully saturated rings. The molecule has 3 N–H and O–H groups in total. The summed E-state index contributed by atoms with van der Waals surface area (Å²) in [4.78, 5) is 5.22. The van der Waals surface area contributed by atoms with Crippen molar-refractivity contribution >= 4 is 33.0 Å². The molecule has 3 rings (SSSR count). The summed E-state index contributed by atoms with van der Waals surface area (Å²) in [5, 5.41) is 15.3. The molecule has 0 saturated carbocycles. The predicted octanol–water partition coefficient (Wildman–Crippen LogP) is 3.52. The summed E-state index contributed by atoms with van der Waals surface area (Å²) in [6.07, 6.45) is 0. The van der Waals surface area contributed by atoms with Gasteiger partial charge in [-0.25, -0.2) is 0 Å². The zero-order chi connectivity index (χ0) is 13.4. The number of phenolic OH excluding ortho intramolecular Hbond substituents is 1. The molecule has 2 aromatic heterocycles. The highest BCUT2D eigenvalue weighted by Crippen LogP contribution is 2.31. The van der Waals surface area contributed by atoms with Crippen LogP contribution in [0.25, 0.3) is 22.2 Å². The second-order valence-corrected chi connectivity index (χ2v) is 5.65. The van der Waals surface area contributed by atoms with E-state index in [2.05, 4.69) is 26.1 Å². The van der Waals surface area contributed by atoms with Crippen molar-refractivity contribution in [1.29, 1.82) is 0 Å². The number of aromatic hydroxyl groups is 1. The number of halogens is 1. The van der Waals surface area contributed by atoms with Crippen LogP contribution in [0.5, 0.6) is 5.75 Å². The molecule has 96 valence electrons. The topological polar surface area (TPSA) is 85.2 Å². The maximum atomic E-state index is 9.38. The van der Waals surface area contributed by atoms with E-state index in [0.717, 1.165) is 9.35 Å². The second-order valence-electron chi connectivity index (χ2n) is 3.83. The summed E-state index contributed by atoms with van der Waals surface area (Å²) < 4.78 is 6.18. The van der Waals surface area contributed by atoms with Gasteiger partial charge in [0, 0.05) is 15.4 Å². The molecule has 0 aliphatic rings. The third-order valence-electron chi connectivity index (χ3n) is 2.49. The number of hydrogen-bond acceptors (Lipinski definition) is 6. The van der Waals surface area contributed by atoms with Gasteiger partial charge in [0.25, 0.3) is 5.89 Å². The zero-order valence-electron chi connectivity index (χ0n) is 9.50. The lowest BCUT2D eigenvalue weighted by molar-refractivity contribution is 0.432. The number of nitrogens with two attached hydrogens (primary N) is 1. The smallest absolute Gasteiger partial charge is 0.258 e. The van der Waals surface area contributed by atoms with Crippen molar-refractivity contribution in [3.05, 3.63) is 34.1 Å². The van der Waals surface area contributed by atoms with Gasteiger partial charge in [0.2, 0.25) is 5.82 Å². The van der Waals surface area contributed by atoms with Crippen molar-refractivity contribution in [3.63, 3.8) is 0 Å². The van der Waals surface area contributed by atoms with Crippen molar-refractivity contribution in [1.82, 2.24) is 10.1 Å². The molecular formula is C12H8BrN3O2S. The Morgan fingerprint density at radius 1 is 1.32 bits per heavy atom. The third-order valence-corrected chi connectivity index (χ3v) is 4.18. The number of benzene rings is 1. The van der Waals surface area contributed by atoms with Gasteiger partial charge >= 0.3 is 0 Å². The standard InChI is InChI=1S/C12H8BrN3O2S/c13-7-4-10(19-5-7)11-15-12(18-16-11)6-1-2-9(17)8(14)3-6/h1-5,17H,14H2. The Bertz CT molecular complexity index is 738. The molecule has 3 aromatic rings. The predicted molar refractivity (Wildman–Crippen MR) is 76.8 cm³/mol. The Morgan fingerprint density at radius 3 is 2.84 bits per heavy atom. The van der Waals surface area contributed by atoms with Crippen LogP contribution >= 0.6 is 27.3 Å². The Hall–Kier alpha value is -1.86. The summed E-state index contributed by atoms with van der Waals surface area (Å²) in [6.45, 7) is 0. The molecule has 0 aliphatic heterocycles. The highest BCUT2D eigenvalue weighted by Gasteiger charge is 2.13. The first-order valence-electron chi connectivity index (χ1n) is 5.30. The van der Waals surface area contributed by atoms with Crippen molar-refractivity contribution < 1.29 is 9.63 Å². The van der Waals surface area contributed by atoms with E-state index >= 15 is 0 Å². The van der Waals surface area contributed by atoms with E-state index in [1.807, 2.05) is 11.4 Å². The summed E-state index contributed by atoms with van der Waals surface area (Å²) in [6, 6.07) is 6.69. The van der Waals surface area contributed by atoms with Gasteiger partial charge in [0.05, 0.1) is 10.6 Å². The largest absolute Gasteiger partial charge is 0.506 e. The van der Waals surface area contributed by atoms with E-state index in [1.165, 1.54) is 17.4 Å². The monoisotopic (exact) mass is 337 g/mol. The molecule has 0 aliphatic carbocycles. The fourth-order valence-electron chi connectivity index (χ4n) is 1.56. The van der Waals surface area contributed by atoms with E-state index in [-0.39, 0.29) is 11.4 Å². The molecule has 0 unspecified atom stereocenters. The van der Waals surface area contributed by atoms with E-state index in [1.54, 1.807) is 12.1 Å².